The molecule has 5 aromatic rings. The third-order valence-corrected chi connectivity index (χ3v) is 8.55. The lowest BCUT2D eigenvalue weighted by molar-refractivity contribution is -0.152. The molecule has 0 radical (unpaired) electrons. The zero-order valence-corrected chi connectivity index (χ0v) is 24.5. The highest BCUT2D eigenvalue weighted by atomic mass is 35.5. The molecule has 1 aliphatic heterocycles. The molecule has 2 aromatic heterocycles. The maximum atomic E-state index is 14.0. The van der Waals surface area contributed by atoms with Crippen molar-refractivity contribution in [3.05, 3.63) is 104 Å². The maximum absolute atomic E-state index is 14.0. The first-order chi connectivity index (χ1) is 21.1. The van der Waals surface area contributed by atoms with Gasteiger partial charge in [0.1, 0.15) is 46.8 Å². The number of hydrogen-bond acceptors (Lipinski definition) is 10. The van der Waals surface area contributed by atoms with Gasteiger partial charge in [-0.3, -0.25) is 4.79 Å². The van der Waals surface area contributed by atoms with E-state index in [1.165, 1.54) is 42.0 Å². The van der Waals surface area contributed by atoms with Crippen LogP contribution in [0, 0.1) is 5.82 Å². The second kappa shape index (κ2) is 12.2. The van der Waals surface area contributed by atoms with Crippen LogP contribution in [-0.2, 0) is 16.0 Å². The molecule has 0 saturated carbocycles. The quantitative estimate of drug-likeness (QED) is 0.210. The number of aliphatic hydroxyl groups excluding tert-OH is 2. The van der Waals surface area contributed by atoms with E-state index in [1.54, 1.807) is 36.4 Å². The summed E-state index contributed by atoms with van der Waals surface area (Å²) in [7, 11) is 1.34. The van der Waals surface area contributed by atoms with Crippen LogP contribution in [0.25, 0.3) is 21.9 Å². The van der Waals surface area contributed by atoms with Crippen molar-refractivity contribution in [3.8, 4) is 11.5 Å². The molecular formula is C31H25ClFNO9S. The molecule has 13 heteroatoms. The summed E-state index contributed by atoms with van der Waals surface area (Å²) in [5.41, 5.74) is -0.747. The van der Waals surface area contributed by atoms with Gasteiger partial charge >= 0.3 is 5.63 Å². The van der Waals surface area contributed by atoms with Gasteiger partial charge in [-0.1, -0.05) is 41.6 Å². The Labute approximate surface area is 257 Å². The number of aromatic hydroxyl groups is 1. The van der Waals surface area contributed by atoms with Crippen molar-refractivity contribution in [2.75, 3.05) is 13.7 Å². The van der Waals surface area contributed by atoms with Crippen LogP contribution in [0.1, 0.15) is 5.56 Å². The minimum absolute atomic E-state index is 0.0174. The van der Waals surface area contributed by atoms with E-state index in [1.807, 2.05) is 0 Å². The van der Waals surface area contributed by atoms with Crippen LogP contribution in [0.5, 0.6) is 11.5 Å². The largest absolute Gasteiger partial charge is 0.505 e. The van der Waals surface area contributed by atoms with E-state index in [-0.39, 0.29) is 34.8 Å². The van der Waals surface area contributed by atoms with E-state index in [2.05, 4.69) is 0 Å². The number of hydrogen-bond donors (Lipinski definition) is 3. The summed E-state index contributed by atoms with van der Waals surface area (Å²) in [4.78, 5) is 27.5. The number of aromatic nitrogens is 1. The van der Waals surface area contributed by atoms with Crippen LogP contribution in [0.15, 0.2) is 90.5 Å². The van der Waals surface area contributed by atoms with E-state index in [4.69, 9.17) is 30.2 Å². The highest BCUT2D eigenvalue weighted by Gasteiger charge is 2.43. The Hall–Kier alpha value is -3.91. The molecule has 4 atom stereocenters. The standard InChI is InChI=1S/C31H25ClFNO9S/c1-40-31-26(37)24(35)22(42-31)14-41-18-9-10-20-21(12-18)34(13-15-5-7-17(33)8-6-15)29(38)23-25(36)28(30(39)43-27(20)23)44-19-4-2-3-16(32)11-19/h2-12,22,24,26,31,35-37H,13-14H2,1H3/t22-,24-,26-,31-/m1/s1. The number of rotatable bonds is 8. The van der Waals surface area contributed by atoms with Crippen LogP contribution in [0.3, 0.4) is 0 Å². The number of aliphatic hydroxyl groups is 2. The zero-order chi connectivity index (χ0) is 31.1. The predicted molar refractivity (Wildman–Crippen MR) is 160 cm³/mol. The molecule has 3 heterocycles. The summed E-state index contributed by atoms with van der Waals surface area (Å²) in [5, 5.41) is 32.2. The van der Waals surface area contributed by atoms with E-state index in [0.717, 1.165) is 11.8 Å². The molecule has 3 N–H and O–H groups in total. The molecule has 0 amide bonds. The maximum Gasteiger partial charge on any atom is 0.354 e. The van der Waals surface area contributed by atoms with Crippen molar-refractivity contribution in [3.63, 3.8) is 0 Å². The Morgan fingerprint density at radius 3 is 2.52 bits per heavy atom. The van der Waals surface area contributed by atoms with Gasteiger partial charge in [0.05, 0.1) is 12.1 Å². The third kappa shape index (κ3) is 5.68. The van der Waals surface area contributed by atoms with Crippen molar-refractivity contribution in [2.45, 2.75) is 40.9 Å². The molecule has 0 unspecified atom stereocenters. The van der Waals surface area contributed by atoms with Gasteiger partial charge in [-0.15, -0.1) is 0 Å². The molecule has 228 valence electrons. The summed E-state index contributed by atoms with van der Waals surface area (Å²) in [6, 6.07) is 16.9. The Bertz CT molecular complexity index is 1980. The lowest BCUT2D eigenvalue weighted by Crippen LogP contribution is -2.35. The summed E-state index contributed by atoms with van der Waals surface area (Å²) in [6.45, 7) is -0.171. The molecule has 0 spiro atoms. The fourth-order valence-electron chi connectivity index (χ4n) is 5.05. The smallest absolute Gasteiger partial charge is 0.354 e. The third-order valence-electron chi connectivity index (χ3n) is 7.26. The lowest BCUT2D eigenvalue weighted by Gasteiger charge is -2.17. The monoisotopic (exact) mass is 641 g/mol. The van der Waals surface area contributed by atoms with E-state index in [0.29, 0.717) is 26.4 Å². The van der Waals surface area contributed by atoms with Crippen LogP contribution >= 0.6 is 23.4 Å². The normalized spacial score (nSPS) is 20.0. The minimum Gasteiger partial charge on any atom is -0.505 e. The molecule has 1 saturated heterocycles. The number of methoxy groups -OCH3 is 1. The fourth-order valence-corrected chi connectivity index (χ4v) is 6.20. The SMILES string of the molecule is CO[C@@H]1O[C@H](COc2ccc3c4oc(=O)c(Sc5cccc(Cl)c5)c(O)c4c(=O)n(Cc4ccc(F)cc4)c3c2)[C@@H](O)[C@H]1O. The predicted octanol–water partition coefficient (Wildman–Crippen LogP) is 4.28. The molecule has 0 aliphatic carbocycles. The Balaban J connectivity index is 1.47. The number of benzene rings is 3. The van der Waals surface area contributed by atoms with Crippen molar-refractivity contribution >= 4 is 45.2 Å². The zero-order valence-electron chi connectivity index (χ0n) is 23.0. The van der Waals surface area contributed by atoms with Gasteiger partial charge in [-0.2, -0.15) is 0 Å². The van der Waals surface area contributed by atoms with Gasteiger partial charge < -0.3 is 38.5 Å². The van der Waals surface area contributed by atoms with Gasteiger partial charge in [0, 0.05) is 28.5 Å². The number of halogens is 2. The van der Waals surface area contributed by atoms with Crippen molar-refractivity contribution < 1.29 is 38.3 Å². The van der Waals surface area contributed by atoms with E-state index in [9.17, 15) is 29.3 Å². The lowest BCUT2D eigenvalue weighted by atomic mass is 10.1. The van der Waals surface area contributed by atoms with Crippen LogP contribution < -0.4 is 15.9 Å². The highest BCUT2D eigenvalue weighted by Crippen LogP contribution is 2.38. The number of nitrogens with zero attached hydrogens (tertiary/aromatic N) is 1. The first-order valence-electron chi connectivity index (χ1n) is 13.4. The van der Waals surface area contributed by atoms with Crippen LogP contribution in [0.4, 0.5) is 4.39 Å². The summed E-state index contributed by atoms with van der Waals surface area (Å²) in [5.74, 6) is -0.714. The van der Waals surface area contributed by atoms with Crippen LogP contribution in [-0.4, -0.2) is 58.2 Å². The first kappa shape index (κ1) is 30.1. The molecule has 10 nitrogen and oxygen atoms in total. The Morgan fingerprint density at radius 1 is 1.05 bits per heavy atom. The van der Waals surface area contributed by atoms with Gasteiger partial charge in [0.2, 0.25) is 0 Å². The topological polar surface area (TPSA) is 141 Å². The van der Waals surface area contributed by atoms with Crippen molar-refractivity contribution in [1.29, 1.82) is 0 Å². The van der Waals surface area contributed by atoms with Gasteiger partial charge in [0.25, 0.3) is 5.56 Å². The average Bonchev–Trinajstić information content (AvgIpc) is 3.29. The van der Waals surface area contributed by atoms with Gasteiger partial charge in [-0.25, -0.2) is 9.18 Å². The average molecular weight is 642 g/mol. The van der Waals surface area contributed by atoms with Gasteiger partial charge in [0.15, 0.2) is 17.6 Å². The first-order valence-corrected chi connectivity index (χ1v) is 14.6. The summed E-state index contributed by atoms with van der Waals surface area (Å²) in [6.07, 6.45) is -4.42. The second-order valence-electron chi connectivity index (χ2n) is 10.1. The van der Waals surface area contributed by atoms with Gasteiger partial charge in [-0.05, 0) is 48.0 Å². The van der Waals surface area contributed by atoms with E-state index >= 15 is 0 Å². The number of pyridine rings is 1. The second-order valence-corrected chi connectivity index (χ2v) is 11.6. The molecule has 44 heavy (non-hydrogen) atoms. The molecule has 3 aromatic carbocycles. The molecular weight excluding hydrogens is 617 g/mol. The van der Waals surface area contributed by atoms with Crippen molar-refractivity contribution in [1.82, 2.24) is 4.57 Å². The minimum atomic E-state index is -1.25. The number of ether oxygens (including phenoxy) is 3. The Morgan fingerprint density at radius 2 is 1.82 bits per heavy atom. The van der Waals surface area contributed by atoms with Crippen molar-refractivity contribution in [2.24, 2.45) is 0 Å². The number of fused-ring (bicyclic) bond motifs is 3. The fraction of sp³-hybridized carbons (Fsp3) is 0.226. The molecule has 6 rings (SSSR count). The molecule has 1 aliphatic rings. The highest BCUT2D eigenvalue weighted by molar-refractivity contribution is 7.99. The summed E-state index contributed by atoms with van der Waals surface area (Å²) >= 11 is 6.99. The Kier molecular flexibility index (Phi) is 8.38. The molecule has 0 bridgehead atoms. The van der Waals surface area contributed by atoms with E-state index < -0.39 is 47.4 Å². The summed E-state index contributed by atoms with van der Waals surface area (Å²) < 4.78 is 37.0. The van der Waals surface area contributed by atoms with Crippen LogP contribution in [0.2, 0.25) is 5.02 Å². The molecule has 1 fully saturated rings.